The Labute approximate surface area is 173 Å². The molecule has 0 bridgehead atoms. The molecule has 7 nitrogen and oxygen atoms in total. The molecular weight excluding hydrogens is 396 g/mol. The quantitative estimate of drug-likeness (QED) is 0.811. The van der Waals surface area contributed by atoms with Gasteiger partial charge in [0, 0.05) is 29.7 Å². The summed E-state index contributed by atoms with van der Waals surface area (Å²) in [6, 6.07) is 10.5. The fourth-order valence-electron chi connectivity index (χ4n) is 3.40. The second-order valence-corrected chi connectivity index (χ2v) is 7.26. The van der Waals surface area contributed by atoms with Crippen molar-refractivity contribution in [3.63, 3.8) is 0 Å². The number of anilines is 1. The number of ether oxygens (including phenoxy) is 3. The van der Waals surface area contributed by atoms with Gasteiger partial charge in [-0.15, -0.1) is 0 Å². The van der Waals surface area contributed by atoms with Gasteiger partial charge in [-0.3, -0.25) is 9.59 Å². The van der Waals surface area contributed by atoms with Gasteiger partial charge in [-0.2, -0.15) is 0 Å². The van der Waals surface area contributed by atoms with Gasteiger partial charge in [0.15, 0.2) is 17.6 Å². The molecule has 152 valence electrons. The summed E-state index contributed by atoms with van der Waals surface area (Å²) in [6.45, 7) is 3.13. The van der Waals surface area contributed by atoms with Crippen molar-refractivity contribution in [3.8, 4) is 17.2 Å². The summed E-state index contributed by atoms with van der Waals surface area (Å²) < 4.78 is 16.8. The first-order valence-electron chi connectivity index (χ1n) is 9.47. The zero-order chi connectivity index (χ0) is 20.4. The maximum atomic E-state index is 12.9. The Balaban J connectivity index is 1.37. The highest BCUT2D eigenvalue weighted by molar-refractivity contribution is 6.30. The third kappa shape index (κ3) is 4.24. The van der Waals surface area contributed by atoms with Gasteiger partial charge in [0.05, 0.1) is 6.54 Å². The third-order valence-corrected chi connectivity index (χ3v) is 5.06. The van der Waals surface area contributed by atoms with Crippen LogP contribution in [-0.4, -0.2) is 49.1 Å². The molecule has 1 N–H and O–H groups in total. The SMILES string of the molecule is CCN(CC(=O)Nc1ccc2c(c1)OCCO2)C(=O)C1Cc2cc(Cl)ccc2O1. The number of hydrogen-bond donors (Lipinski definition) is 1. The topological polar surface area (TPSA) is 77.1 Å². The minimum atomic E-state index is -0.648. The average molecular weight is 417 g/mol. The molecule has 2 amide bonds. The van der Waals surface area contributed by atoms with Crippen LogP contribution in [0.2, 0.25) is 5.02 Å². The number of halogens is 1. The third-order valence-electron chi connectivity index (χ3n) is 4.83. The molecule has 29 heavy (non-hydrogen) atoms. The van der Waals surface area contributed by atoms with E-state index in [4.69, 9.17) is 25.8 Å². The lowest BCUT2D eigenvalue weighted by Crippen LogP contribution is -2.44. The average Bonchev–Trinajstić information content (AvgIpc) is 3.14. The lowest BCUT2D eigenvalue weighted by Gasteiger charge is -2.23. The second-order valence-electron chi connectivity index (χ2n) is 6.82. The van der Waals surface area contributed by atoms with Gasteiger partial charge in [-0.05, 0) is 42.8 Å². The van der Waals surface area contributed by atoms with Gasteiger partial charge in [-0.25, -0.2) is 0 Å². The summed E-state index contributed by atoms with van der Waals surface area (Å²) >= 11 is 6.01. The molecule has 0 aliphatic carbocycles. The molecule has 2 aromatic rings. The number of amides is 2. The van der Waals surface area contributed by atoms with Crippen molar-refractivity contribution in [1.82, 2.24) is 4.90 Å². The largest absolute Gasteiger partial charge is 0.486 e. The van der Waals surface area contributed by atoms with Crippen LogP contribution in [0.25, 0.3) is 0 Å². The normalized spacial score (nSPS) is 16.6. The Bertz CT molecular complexity index is 949. The second kappa shape index (κ2) is 8.21. The van der Waals surface area contributed by atoms with E-state index in [0.29, 0.717) is 54.1 Å². The highest BCUT2D eigenvalue weighted by atomic mass is 35.5. The molecule has 0 radical (unpaired) electrons. The first-order valence-corrected chi connectivity index (χ1v) is 9.84. The van der Waals surface area contributed by atoms with E-state index >= 15 is 0 Å². The number of rotatable bonds is 5. The molecule has 1 unspecified atom stereocenters. The van der Waals surface area contributed by atoms with Crippen LogP contribution in [0.1, 0.15) is 12.5 Å². The van der Waals surface area contributed by atoms with Crippen LogP contribution in [0.15, 0.2) is 36.4 Å². The molecule has 0 aromatic heterocycles. The van der Waals surface area contributed by atoms with Gasteiger partial charge in [0.2, 0.25) is 5.91 Å². The van der Waals surface area contributed by atoms with Crippen molar-refractivity contribution >= 4 is 29.1 Å². The molecule has 2 aromatic carbocycles. The molecular formula is C21H21ClN2O5. The predicted octanol–water partition coefficient (Wildman–Crippen LogP) is 2.90. The minimum absolute atomic E-state index is 0.0687. The lowest BCUT2D eigenvalue weighted by atomic mass is 10.1. The van der Waals surface area contributed by atoms with Crippen LogP contribution in [0.4, 0.5) is 5.69 Å². The van der Waals surface area contributed by atoms with Crippen LogP contribution < -0.4 is 19.5 Å². The fourth-order valence-corrected chi connectivity index (χ4v) is 3.59. The van der Waals surface area contributed by atoms with E-state index in [9.17, 15) is 9.59 Å². The molecule has 2 aliphatic heterocycles. The van der Waals surface area contributed by atoms with Crippen LogP contribution in [0.5, 0.6) is 17.2 Å². The molecule has 8 heteroatoms. The van der Waals surface area contributed by atoms with Crippen LogP contribution in [-0.2, 0) is 16.0 Å². The van der Waals surface area contributed by atoms with E-state index in [0.717, 1.165) is 5.56 Å². The lowest BCUT2D eigenvalue weighted by molar-refractivity contribution is -0.140. The molecule has 4 rings (SSSR count). The number of nitrogens with one attached hydrogen (secondary N) is 1. The van der Waals surface area contributed by atoms with Gasteiger partial charge in [0.1, 0.15) is 19.0 Å². The summed E-state index contributed by atoms with van der Waals surface area (Å²) in [5.41, 5.74) is 1.48. The van der Waals surface area contributed by atoms with E-state index in [2.05, 4.69) is 5.32 Å². The standard InChI is InChI=1S/C21H21ClN2O5/c1-2-24(21(26)19-10-13-9-14(22)3-5-16(13)29-19)12-20(25)23-15-4-6-17-18(11-15)28-8-7-27-17/h3-6,9,11,19H,2,7-8,10,12H2,1H3,(H,23,25). The Kier molecular flexibility index (Phi) is 5.49. The highest BCUT2D eigenvalue weighted by Crippen LogP contribution is 2.33. The van der Waals surface area contributed by atoms with Crippen molar-refractivity contribution in [2.75, 3.05) is 31.6 Å². The maximum absolute atomic E-state index is 12.9. The summed E-state index contributed by atoms with van der Waals surface area (Å²) in [7, 11) is 0. The molecule has 2 aliphatic rings. The Hall–Kier alpha value is -2.93. The fraction of sp³-hybridized carbons (Fsp3) is 0.333. The van der Waals surface area contributed by atoms with Crippen molar-refractivity contribution < 1.29 is 23.8 Å². The molecule has 2 heterocycles. The van der Waals surface area contributed by atoms with E-state index in [1.807, 2.05) is 6.92 Å². The predicted molar refractivity (Wildman–Crippen MR) is 108 cm³/mol. The number of carbonyl (C=O) groups is 2. The van der Waals surface area contributed by atoms with Gasteiger partial charge in [-0.1, -0.05) is 11.6 Å². The summed E-state index contributed by atoms with van der Waals surface area (Å²) in [4.78, 5) is 26.8. The smallest absolute Gasteiger partial charge is 0.264 e. The molecule has 0 saturated carbocycles. The summed E-state index contributed by atoms with van der Waals surface area (Å²) in [6.07, 6.45) is -0.208. The van der Waals surface area contributed by atoms with Gasteiger partial charge < -0.3 is 24.4 Å². The number of fused-ring (bicyclic) bond motifs is 2. The molecule has 0 spiro atoms. The van der Waals surface area contributed by atoms with Gasteiger partial charge >= 0.3 is 0 Å². The van der Waals surface area contributed by atoms with Gasteiger partial charge in [0.25, 0.3) is 5.91 Å². The van der Waals surface area contributed by atoms with E-state index < -0.39 is 6.10 Å². The highest BCUT2D eigenvalue weighted by Gasteiger charge is 2.32. The monoisotopic (exact) mass is 416 g/mol. The van der Waals surface area contributed by atoms with Crippen molar-refractivity contribution in [1.29, 1.82) is 0 Å². The Morgan fingerprint density at radius 2 is 1.86 bits per heavy atom. The van der Waals surface area contributed by atoms with Crippen LogP contribution in [0, 0.1) is 0 Å². The number of hydrogen-bond acceptors (Lipinski definition) is 5. The first kappa shape index (κ1) is 19.4. The molecule has 0 saturated heterocycles. The Morgan fingerprint density at radius 3 is 2.66 bits per heavy atom. The number of benzene rings is 2. The van der Waals surface area contributed by atoms with E-state index in [1.165, 1.54) is 4.90 Å². The van der Waals surface area contributed by atoms with E-state index in [1.54, 1.807) is 36.4 Å². The summed E-state index contributed by atoms with van der Waals surface area (Å²) in [5, 5.41) is 3.40. The molecule has 0 fully saturated rings. The van der Waals surface area contributed by atoms with Crippen molar-refractivity contribution in [3.05, 3.63) is 47.0 Å². The van der Waals surface area contributed by atoms with Crippen LogP contribution in [0.3, 0.4) is 0 Å². The zero-order valence-corrected chi connectivity index (χ0v) is 16.7. The maximum Gasteiger partial charge on any atom is 0.264 e. The van der Waals surface area contributed by atoms with E-state index in [-0.39, 0.29) is 18.4 Å². The summed E-state index contributed by atoms with van der Waals surface area (Å²) in [5.74, 6) is 1.38. The number of likely N-dealkylation sites (N-methyl/N-ethyl adjacent to an activating group) is 1. The van der Waals surface area contributed by atoms with Crippen molar-refractivity contribution in [2.45, 2.75) is 19.4 Å². The minimum Gasteiger partial charge on any atom is -0.486 e. The van der Waals surface area contributed by atoms with Crippen molar-refractivity contribution in [2.24, 2.45) is 0 Å². The Morgan fingerprint density at radius 1 is 1.10 bits per heavy atom. The first-order chi connectivity index (χ1) is 14.0. The molecule has 1 atom stereocenters. The zero-order valence-electron chi connectivity index (χ0n) is 15.9. The number of nitrogens with zero attached hydrogens (tertiary/aromatic N) is 1. The van der Waals surface area contributed by atoms with Crippen LogP contribution >= 0.6 is 11.6 Å². The number of carbonyl (C=O) groups excluding carboxylic acids is 2.